The van der Waals surface area contributed by atoms with Crippen LogP contribution >= 0.6 is 0 Å². The van der Waals surface area contributed by atoms with Gasteiger partial charge in [0, 0.05) is 73.2 Å². The topological polar surface area (TPSA) is 86.3 Å². The number of pyridine rings is 1. The van der Waals surface area contributed by atoms with E-state index < -0.39 is 23.5 Å². The third-order valence-electron chi connectivity index (χ3n) is 7.14. The molecule has 0 saturated carbocycles. The average Bonchev–Trinajstić information content (AvgIpc) is 2.97. The van der Waals surface area contributed by atoms with E-state index in [2.05, 4.69) is 30.5 Å². The minimum atomic E-state index is -4.64. The highest BCUT2D eigenvalue weighted by molar-refractivity contribution is 6.04. The second-order valence-electron chi connectivity index (χ2n) is 10.2. The Bertz CT molecular complexity index is 1570. The number of aromatic nitrogens is 3. The summed E-state index contributed by atoms with van der Waals surface area (Å²) in [7, 11) is 1.97. The predicted octanol–water partition coefficient (Wildman–Crippen LogP) is 5.75. The highest BCUT2D eigenvalue weighted by atomic mass is 19.4. The van der Waals surface area contributed by atoms with Crippen molar-refractivity contribution in [1.82, 2.24) is 24.8 Å². The first-order chi connectivity index (χ1) is 20.1. The Morgan fingerprint density at radius 2 is 1.74 bits per heavy atom. The van der Waals surface area contributed by atoms with Crippen LogP contribution in [0.15, 0.2) is 67.3 Å². The molecule has 1 aliphatic heterocycles. The molecule has 0 radical (unpaired) electrons. The van der Waals surface area contributed by atoms with Crippen LogP contribution < -0.4 is 10.6 Å². The standard InChI is InChI=1S/C30H29F4N7O/c1-19-25(31)13-23(14-27(19)39-28-5-3-4-26(38-28)22-15-35-18-36-16-22)37-29(42)20-6-7-21(24(12-20)30(32,33)34)17-41-10-8-40(2)9-11-41/h3-7,12-16,18H,8-11,17H2,1-2H3,(H,37,42)(H,38,39). The van der Waals surface area contributed by atoms with Gasteiger partial charge in [-0.1, -0.05) is 12.1 Å². The number of benzene rings is 2. The van der Waals surface area contributed by atoms with E-state index in [0.717, 1.165) is 25.2 Å². The van der Waals surface area contributed by atoms with Gasteiger partial charge < -0.3 is 15.5 Å². The normalized spacial score (nSPS) is 14.5. The Morgan fingerprint density at radius 1 is 1.00 bits per heavy atom. The SMILES string of the molecule is Cc1c(F)cc(NC(=O)c2ccc(CN3CCN(C)CC3)c(C(F)(F)F)c2)cc1Nc1cccc(-c2cncnc2)n1. The van der Waals surface area contributed by atoms with Gasteiger partial charge in [-0.2, -0.15) is 13.2 Å². The maximum Gasteiger partial charge on any atom is 0.416 e. The molecule has 42 heavy (non-hydrogen) atoms. The van der Waals surface area contributed by atoms with E-state index in [1.54, 1.807) is 37.5 Å². The molecule has 0 unspecified atom stereocenters. The molecule has 2 aromatic carbocycles. The quantitative estimate of drug-likeness (QED) is 0.270. The molecule has 2 N–H and O–H groups in total. The summed E-state index contributed by atoms with van der Waals surface area (Å²) >= 11 is 0. The first-order valence-electron chi connectivity index (χ1n) is 13.3. The summed E-state index contributed by atoms with van der Waals surface area (Å²) in [6.07, 6.45) is -0.00421. The number of rotatable bonds is 7. The summed E-state index contributed by atoms with van der Waals surface area (Å²) in [5.41, 5.74) is 1.04. The zero-order valence-corrected chi connectivity index (χ0v) is 23.0. The van der Waals surface area contributed by atoms with Gasteiger partial charge in [0.1, 0.15) is 18.0 Å². The first kappa shape index (κ1) is 29.1. The minimum Gasteiger partial charge on any atom is -0.340 e. The summed E-state index contributed by atoms with van der Waals surface area (Å²) in [4.78, 5) is 29.6. The van der Waals surface area contributed by atoms with Gasteiger partial charge in [0.25, 0.3) is 5.91 Å². The fourth-order valence-electron chi connectivity index (χ4n) is 4.68. The van der Waals surface area contributed by atoms with Gasteiger partial charge in [-0.3, -0.25) is 9.69 Å². The highest BCUT2D eigenvalue weighted by Gasteiger charge is 2.34. The van der Waals surface area contributed by atoms with Crippen LogP contribution in [0.4, 0.5) is 34.8 Å². The molecule has 0 aliphatic carbocycles. The van der Waals surface area contributed by atoms with E-state index in [-0.39, 0.29) is 28.9 Å². The number of alkyl halides is 3. The van der Waals surface area contributed by atoms with Crippen molar-refractivity contribution in [1.29, 1.82) is 0 Å². The van der Waals surface area contributed by atoms with Crippen molar-refractivity contribution in [2.24, 2.45) is 0 Å². The molecular weight excluding hydrogens is 550 g/mol. The second kappa shape index (κ2) is 12.2. The lowest BCUT2D eigenvalue weighted by Crippen LogP contribution is -2.44. The maximum absolute atomic E-state index is 14.9. The smallest absolute Gasteiger partial charge is 0.340 e. The second-order valence-corrected chi connectivity index (χ2v) is 10.2. The van der Waals surface area contributed by atoms with Gasteiger partial charge >= 0.3 is 6.18 Å². The predicted molar refractivity (Wildman–Crippen MR) is 152 cm³/mol. The molecule has 4 aromatic rings. The molecule has 12 heteroatoms. The molecule has 2 aromatic heterocycles. The molecule has 8 nitrogen and oxygen atoms in total. The number of piperazine rings is 1. The lowest BCUT2D eigenvalue weighted by atomic mass is 10.0. The van der Waals surface area contributed by atoms with Crippen LogP contribution in [0.5, 0.6) is 0 Å². The summed E-state index contributed by atoms with van der Waals surface area (Å²) < 4.78 is 56.9. The third kappa shape index (κ3) is 6.89. The number of carbonyl (C=O) groups is 1. The Balaban J connectivity index is 1.35. The fourth-order valence-corrected chi connectivity index (χ4v) is 4.68. The summed E-state index contributed by atoms with van der Waals surface area (Å²) in [5, 5.41) is 5.59. The van der Waals surface area contributed by atoms with Crippen molar-refractivity contribution in [3.63, 3.8) is 0 Å². The van der Waals surface area contributed by atoms with Crippen LogP contribution in [-0.2, 0) is 12.7 Å². The number of halogens is 4. The number of amides is 1. The molecular formula is C30H29F4N7O. The zero-order valence-electron chi connectivity index (χ0n) is 23.0. The molecule has 5 rings (SSSR count). The highest BCUT2D eigenvalue weighted by Crippen LogP contribution is 2.34. The number of nitrogens with one attached hydrogen (secondary N) is 2. The molecule has 0 atom stereocenters. The molecule has 0 spiro atoms. The number of hydrogen-bond donors (Lipinski definition) is 2. The molecule has 1 fully saturated rings. The Kier molecular flexibility index (Phi) is 8.46. The summed E-state index contributed by atoms with van der Waals surface area (Å²) in [6.45, 7) is 4.56. The molecule has 0 bridgehead atoms. The van der Waals surface area contributed by atoms with E-state index in [1.807, 2.05) is 11.9 Å². The van der Waals surface area contributed by atoms with Crippen molar-refractivity contribution in [3.05, 3.63) is 95.3 Å². The van der Waals surface area contributed by atoms with Crippen LogP contribution in [0.25, 0.3) is 11.3 Å². The number of hydrogen-bond acceptors (Lipinski definition) is 7. The van der Waals surface area contributed by atoms with Gasteiger partial charge in [0.2, 0.25) is 0 Å². The lowest BCUT2D eigenvalue weighted by molar-refractivity contribution is -0.138. The average molecular weight is 580 g/mol. The van der Waals surface area contributed by atoms with Crippen molar-refractivity contribution >= 4 is 23.1 Å². The minimum absolute atomic E-state index is 0.0771. The molecule has 1 amide bonds. The largest absolute Gasteiger partial charge is 0.416 e. The Labute approximate surface area is 240 Å². The van der Waals surface area contributed by atoms with Crippen molar-refractivity contribution < 1.29 is 22.4 Å². The van der Waals surface area contributed by atoms with Crippen LogP contribution in [0.2, 0.25) is 0 Å². The van der Waals surface area contributed by atoms with E-state index in [4.69, 9.17) is 0 Å². The molecule has 218 valence electrons. The van der Waals surface area contributed by atoms with Crippen LogP contribution in [0.1, 0.15) is 27.0 Å². The zero-order chi connectivity index (χ0) is 29.9. The van der Waals surface area contributed by atoms with Gasteiger partial charge in [-0.05, 0) is 55.9 Å². The molecule has 3 heterocycles. The first-order valence-corrected chi connectivity index (χ1v) is 13.3. The third-order valence-corrected chi connectivity index (χ3v) is 7.14. The van der Waals surface area contributed by atoms with Crippen molar-refractivity contribution in [2.75, 3.05) is 43.9 Å². The van der Waals surface area contributed by atoms with Gasteiger partial charge in [0.05, 0.1) is 11.3 Å². The molecule has 1 aliphatic rings. The van der Waals surface area contributed by atoms with Crippen molar-refractivity contribution in [3.8, 4) is 11.3 Å². The van der Waals surface area contributed by atoms with Crippen LogP contribution in [0.3, 0.4) is 0 Å². The lowest BCUT2D eigenvalue weighted by Gasteiger charge is -2.33. The van der Waals surface area contributed by atoms with E-state index in [0.29, 0.717) is 35.9 Å². The van der Waals surface area contributed by atoms with Gasteiger partial charge in [0.15, 0.2) is 0 Å². The fraction of sp³-hybridized carbons (Fsp3) is 0.267. The summed E-state index contributed by atoms with van der Waals surface area (Å²) in [6, 6.07) is 11.4. The summed E-state index contributed by atoms with van der Waals surface area (Å²) in [5.74, 6) is -0.987. The van der Waals surface area contributed by atoms with Gasteiger partial charge in [-0.15, -0.1) is 0 Å². The number of anilines is 3. The Morgan fingerprint density at radius 3 is 2.45 bits per heavy atom. The van der Waals surface area contributed by atoms with Crippen LogP contribution in [-0.4, -0.2) is 63.9 Å². The van der Waals surface area contributed by atoms with E-state index in [1.165, 1.54) is 24.5 Å². The Hall–Kier alpha value is -4.42. The van der Waals surface area contributed by atoms with Crippen LogP contribution in [0, 0.1) is 12.7 Å². The maximum atomic E-state index is 14.9. The van der Waals surface area contributed by atoms with Gasteiger partial charge in [-0.25, -0.2) is 19.3 Å². The molecule has 1 saturated heterocycles. The number of carbonyl (C=O) groups excluding carboxylic acids is 1. The van der Waals surface area contributed by atoms with E-state index >= 15 is 0 Å². The number of likely N-dealkylation sites (N-methyl/N-ethyl adjacent to an activating group) is 1. The number of nitrogens with zero attached hydrogens (tertiary/aromatic N) is 5. The van der Waals surface area contributed by atoms with Crippen molar-refractivity contribution in [2.45, 2.75) is 19.6 Å². The van der Waals surface area contributed by atoms with E-state index in [9.17, 15) is 22.4 Å². The monoisotopic (exact) mass is 579 g/mol.